The number of rotatable bonds is 6. The summed E-state index contributed by atoms with van der Waals surface area (Å²) in [6.07, 6.45) is 18.8. The van der Waals surface area contributed by atoms with E-state index in [2.05, 4.69) is 54.8 Å². The summed E-state index contributed by atoms with van der Waals surface area (Å²) >= 11 is 0. The molecule has 0 saturated heterocycles. The van der Waals surface area contributed by atoms with Crippen molar-refractivity contribution in [2.45, 2.75) is 118 Å². The molecule has 0 aliphatic heterocycles. The number of hydrogen-bond acceptors (Lipinski definition) is 0. The van der Waals surface area contributed by atoms with Gasteiger partial charge in [-0.25, -0.2) is 0 Å². The van der Waals surface area contributed by atoms with Gasteiger partial charge < -0.3 is 0 Å². The number of fused-ring (bicyclic) bond motifs is 5. The number of hydrogen-bond donors (Lipinski definition) is 0. The summed E-state index contributed by atoms with van der Waals surface area (Å²) in [7, 11) is 2.48. The van der Waals surface area contributed by atoms with Gasteiger partial charge in [0, 0.05) is 0 Å². The minimum Gasteiger partial charge on any atom is -0.0917 e. The molecule has 3 fully saturated rings. The Morgan fingerprint density at radius 1 is 1.00 bits per heavy atom. The van der Waals surface area contributed by atoms with Gasteiger partial charge in [-0.1, -0.05) is 84.6 Å². The van der Waals surface area contributed by atoms with Gasteiger partial charge in [-0.2, -0.15) is 0 Å². The van der Waals surface area contributed by atoms with Gasteiger partial charge >= 0.3 is 0 Å². The summed E-state index contributed by atoms with van der Waals surface area (Å²) in [5, 5.41) is 0. The van der Waals surface area contributed by atoms with Crippen LogP contribution in [0.15, 0.2) is 11.6 Å². The average Bonchev–Trinajstić information content (AvgIpc) is 3.04. The van der Waals surface area contributed by atoms with Crippen molar-refractivity contribution < 1.29 is 0 Å². The average molecular weight is 396 g/mol. The lowest BCUT2D eigenvalue weighted by Gasteiger charge is -2.58. The maximum Gasteiger partial charge on any atom is 0.110 e. The molecule has 0 nitrogen and oxygen atoms in total. The SMILES string of the molecule is C[B]C1CC[C@@]2(C)C(=CC[C@@H]3[C@@H]2CC[C@]2(C)C([C@H](C)CCCC(C)C)CC[C@@H]32)C1. The first-order valence-corrected chi connectivity index (χ1v) is 13.3. The molecular weight excluding hydrogens is 347 g/mol. The van der Waals surface area contributed by atoms with Gasteiger partial charge in [0.05, 0.1) is 0 Å². The summed E-state index contributed by atoms with van der Waals surface area (Å²) in [6, 6.07) is 0. The Labute approximate surface area is 183 Å². The molecule has 1 radical (unpaired) electrons. The molecule has 163 valence electrons. The summed E-state index contributed by atoms with van der Waals surface area (Å²) in [5.74, 6) is 6.61. The lowest BCUT2D eigenvalue weighted by atomic mass is 9.44. The van der Waals surface area contributed by atoms with Crippen molar-refractivity contribution in [1.29, 1.82) is 0 Å². The van der Waals surface area contributed by atoms with Crippen LogP contribution in [0.2, 0.25) is 12.6 Å². The highest BCUT2D eigenvalue weighted by Crippen LogP contribution is 2.67. The fourth-order valence-electron chi connectivity index (χ4n) is 9.00. The molecule has 0 spiro atoms. The standard InChI is InChI=1S/C28H48B/c1-19(2)8-7-9-20(3)24-12-13-25-23-11-10-21-18-22(29-6)14-16-27(21,4)26(23)15-17-28(24,25)5/h10,19-20,22-26H,7-9,11-18H2,1-6H3/t20-,22?,23+,24?,25+,26+,27+,28-/m1/s1. The molecule has 4 aliphatic carbocycles. The van der Waals surface area contributed by atoms with Gasteiger partial charge in [0.15, 0.2) is 0 Å². The molecule has 0 N–H and O–H groups in total. The minimum absolute atomic E-state index is 0.532. The zero-order chi connectivity index (χ0) is 20.8. The van der Waals surface area contributed by atoms with Crippen LogP contribution < -0.4 is 0 Å². The molecule has 4 aliphatic rings. The van der Waals surface area contributed by atoms with Crippen LogP contribution in [0, 0.1) is 46.3 Å². The van der Waals surface area contributed by atoms with Crippen LogP contribution in [0.1, 0.15) is 105 Å². The first-order valence-electron chi connectivity index (χ1n) is 13.3. The van der Waals surface area contributed by atoms with Crippen molar-refractivity contribution >= 4 is 7.28 Å². The van der Waals surface area contributed by atoms with Crippen LogP contribution in [0.5, 0.6) is 0 Å². The molecule has 0 aromatic rings. The topological polar surface area (TPSA) is 0 Å². The lowest BCUT2D eigenvalue weighted by molar-refractivity contribution is -0.0500. The zero-order valence-electron chi connectivity index (χ0n) is 20.5. The van der Waals surface area contributed by atoms with Crippen molar-refractivity contribution in [3.63, 3.8) is 0 Å². The maximum atomic E-state index is 2.75. The van der Waals surface area contributed by atoms with Crippen LogP contribution in [0.25, 0.3) is 0 Å². The van der Waals surface area contributed by atoms with E-state index in [1.54, 1.807) is 0 Å². The van der Waals surface area contributed by atoms with E-state index in [1.165, 1.54) is 70.6 Å². The largest absolute Gasteiger partial charge is 0.110 e. The van der Waals surface area contributed by atoms with Crippen molar-refractivity contribution in [1.82, 2.24) is 0 Å². The predicted octanol–water partition coefficient (Wildman–Crippen LogP) is 8.57. The normalized spacial score (nSPS) is 45.2. The minimum atomic E-state index is 0.532. The summed E-state index contributed by atoms with van der Waals surface area (Å²) < 4.78 is 0. The van der Waals surface area contributed by atoms with E-state index in [0.29, 0.717) is 10.8 Å². The Morgan fingerprint density at radius 3 is 2.52 bits per heavy atom. The molecular formula is C28H48B. The molecule has 0 aromatic carbocycles. The zero-order valence-corrected chi connectivity index (χ0v) is 20.5. The Morgan fingerprint density at radius 2 is 1.79 bits per heavy atom. The third-order valence-corrected chi connectivity index (χ3v) is 10.8. The third kappa shape index (κ3) is 3.80. The molecule has 0 bridgehead atoms. The molecule has 2 unspecified atom stereocenters. The fourth-order valence-corrected chi connectivity index (χ4v) is 9.00. The van der Waals surface area contributed by atoms with Crippen LogP contribution in [-0.4, -0.2) is 7.28 Å². The first kappa shape index (κ1) is 22.0. The van der Waals surface area contributed by atoms with Gasteiger partial charge in [-0.05, 0) is 91.3 Å². The molecule has 8 atom stereocenters. The smallest absolute Gasteiger partial charge is 0.0917 e. The maximum absolute atomic E-state index is 2.75. The first-order chi connectivity index (χ1) is 13.8. The second-order valence-electron chi connectivity index (χ2n) is 12.6. The Hall–Kier alpha value is -0.195. The fraction of sp³-hybridized carbons (Fsp3) is 0.929. The summed E-state index contributed by atoms with van der Waals surface area (Å²) in [5.41, 5.74) is 3.02. The van der Waals surface area contributed by atoms with Crippen molar-refractivity contribution in [3.8, 4) is 0 Å². The van der Waals surface area contributed by atoms with E-state index >= 15 is 0 Å². The third-order valence-electron chi connectivity index (χ3n) is 10.8. The molecule has 0 aromatic heterocycles. The van der Waals surface area contributed by atoms with Crippen LogP contribution in [-0.2, 0) is 0 Å². The molecule has 29 heavy (non-hydrogen) atoms. The van der Waals surface area contributed by atoms with Gasteiger partial charge in [-0.3, -0.25) is 0 Å². The predicted molar refractivity (Wildman–Crippen MR) is 128 cm³/mol. The summed E-state index contributed by atoms with van der Waals surface area (Å²) in [6.45, 7) is 15.1. The van der Waals surface area contributed by atoms with Crippen molar-refractivity contribution in [2.24, 2.45) is 46.3 Å². The highest BCUT2D eigenvalue weighted by molar-refractivity contribution is 6.35. The van der Waals surface area contributed by atoms with E-state index in [1.807, 2.05) is 5.57 Å². The monoisotopic (exact) mass is 395 g/mol. The Balaban J connectivity index is 1.48. The van der Waals surface area contributed by atoms with Crippen molar-refractivity contribution in [2.75, 3.05) is 0 Å². The van der Waals surface area contributed by atoms with E-state index in [4.69, 9.17) is 0 Å². The second kappa shape index (κ2) is 8.39. The van der Waals surface area contributed by atoms with E-state index in [9.17, 15) is 0 Å². The Kier molecular flexibility index (Phi) is 6.37. The van der Waals surface area contributed by atoms with E-state index in [-0.39, 0.29) is 0 Å². The highest BCUT2D eigenvalue weighted by Gasteiger charge is 2.58. The Bertz CT molecular complexity index is 605. The lowest BCUT2D eigenvalue weighted by Crippen LogP contribution is -2.50. The quantitative estimate of drug-likeness (QED) is 0.312. The van der Waals surface area contributed by atoms with Gasteiger partial charge in [-0.15, -0.1) is 0 Å². The molecule has 3 saturated carbocycles. The molecule has 0 amide bonds. The van der Waals surface area contributed by atoms with E-state index < -0.39 is 0 Å². The summed E-state index contributed by atoms with van der Waals surface area (Å²) in [4.78, 5) is 0. The molecule has 0 heterocycles. The van der Waals surface area contributed by atoms with Crippen LogP contribution >= 0.6 is 0 Å². The van der Waals surface area contributed by atoms with Gasteiger partial charge in [0.1, 0.15) is 7.28 Å². The second-order valence-corrected chi connectivity index (χ2v) is 12.6. The molecule has 4 rings (SSSR count). The van der Waals surface area contributed by atoms with E-state index in [0.717, 1.165) is 41.3 Å². The van der Waals surface area contributed by atoms with Crippen LogP contribution in [0.3, 0.4) is 0 Å². The highest BCUT2D eigenvalue weighted by atomic mass is 14.6. The molecule has 1 heteroatoms. The van der Waals surface area contributed by atoms with Crippen molar-refractivity contribution in [3.05, 3.63) is 11.6 Å². The van der Waals surface area contributed by atoms with Gasteiger partial charge in [0.25, 0.3) is 0 Å². The number of allylic oxidation sites excluding steroid dienone is 2. The van der Waals surface area contributed by atoms with Gasteiger partial charge in [0.2, 0.25) is 0 Å². The van der Waals surface area contributed by atoms with Crippen LogP contribution in [0.4, 0.5) is 0 Å².